The number of rotatable bonds is 6. The van der Waals surface area contributed by atoms with E-state index >= 15 is 0 Å². The number of methoxy groups -OCH3 is 1. The monoisotopic (exact) mass is 250 g/mol. The van der Waals surface area contributed by atoms with Crippen LogP contribution in [0.15, 0.2) is 24.3 Å². The van der Waals surface area contributed by atoms with Gasteiger partial charge in [-0.3, -0.25) is 4.79 Å². The van der Waals surface area contributed by atoms with Crippen LogP contribution in [0.25, 0.3) is 0 Å². The van der Waals surface area contributed by atoms with Gasteiger partial charge in [0, 0.05) is 7.11 Å². The highest BCUT2D eigenvalue weighted by molar-refractivity contribution is 5.72. The van der Waals surface area contributed by atoms with Crippen LogP contribution in [-0.2, 0) is 20.7 Å². The molecular formula is C15H22O3. The van der Waals surface area contributed by atoms with Crippen LogP contribution in [-0.4, -0.2) is 19.4 Å². The Morgan fingerprint density at radius 3 is 2.67 bits per heavy atom. The van der Waals surface area contributed by atoms with Crippen molar-refractivity contribution < 1.29 is 14.3 Å². The Morgan fingerprint density at radius 1 is 1.33 bits per heavy atom. The lowest BCUT2D eigenvalue weighted by Crippen LogP contribution is -2.18. The molecule has 0 saturated carbocycles. The minimum absolute atomic E-state index is 0.259. The summed E-state index contributed by atoms with van der Waals surface area (Å²) in [6.07, 6.45) is 0.891. The van der Waals surface area contributed by atoms with Crippen molar-refractivity contribution in [2.24, 2.45) is 0 Å². The Balaban J connectivity index is 2.64. The fraction of sp³-hybridized carbons (Fsp3) is 0.533. The normalized spacial score (nSPS) is 14.0. The first-order valence-electron chi connectivity index (χ1n) is 6.38. The van der Waals surface area contributed by atoms with Crippen LogP contribution in [0.1, 0.15) is 44.2 Å². The highest BCUT2D eigenvalue weighted by Gasteiger charge is 2.10. The summed E-state index contributed by atoms with van der Waals surface area (Å²) in [5, 5.41) is 0. The molecule has 0 aliphatic rings. The van der Waals surface area contributed by atoms with Gasteiger partial charge in [-0.2, -0.15) is 0 Å². The van der Waals surface area contributed by atoms with Gasteiger partial charge in [-0.1, -0.05) is 38.1 Å². The molecule has 2 unspecified atom stereocenters. The highest BCUT2D eigenvalue weighted by Crippen LogP contribution is 2.19. The molecule has 2 atom stereocenters. The van der Waals surface area contributed by atoms with Crippen LogP contribution in [0.4, 0.5) is 0 Å². The van der Waals surface area contributed by atoms with Crippen molar-refractivity contribution >= 4 is 5.97 Å². The first-order chi connectivity index (χ1) is 8.56. The second-order valence-corrected chi connectivity index (χ2v) is 4.52. The van der Waals surface area contributed by atoms with Gasteiger partial charge in [-0.25, -0.2) is 0 Å². The molecule has 3 heteroatoms. The van der Waals surface area contributed by atoms with E-state index in [9.17, 15) is 4.79 Å². The molecule has 0 saturated heterocycles. The number of carbonyl (C=O) groups is 1. The molecule has 0 amide bonds. The van der Waals surface area contributed by atoms with Crippen LogP contribution in [0.5, 0.6) is 0 Å². The van der Waals surface area contributed by atoms with Crippen molar-refractivity contribution in [3.8, 4) is 0 Å². The molecule has 100 valence electrons. The molecule has 0 radical (unpaired) electrons. The molecule has 1 aromatic rings. The Morgan fingerprint density at radius 2 is 2.06 bits per heavy atom. The third-order valence-electron chi connectivity index (χ3n) is 3.11. The Hall–Kier alpha value is -1.35. The smallest absolute Gasteiger partial charge is 0.312 e. The first-order valence-corrected chi connectivity index (χ1v) is 6.38. The largest absolute Gasteiger partial charge is 0.436 e. The van der Waals surface area contributed by atoms with E-state index in [0.29, 0.717) is 5.92 Å². The molecular weight excluding hydrogens is 228 g/mol. The topological polar surface area (TPSA) is 35.5 Å². The van der Waals surface area contributed by atoms with Gasteiger partial charge in [0.1, 0.15) is 0 Å². The lowest BCUT2D eigenvalue weighted by Gasteiger charge is -2.12. The summed E-state index contributed by atoms with van der Waals surface area (Å²) in [7, 11) is 1.52. The molecule has 0 spiro atoms. The summed E-state index contributed by atoms with van der Waals surface area (Å²) in [5.74, 6) is 0.254. The molecule has 0 aromatic heterocycles. The van der Waals surface area contributed by atoms with E-state index in [4.69, 9.17) is 9.47 Å². The Kier molecular flexibility index (Phi) is 5.86. The second kappa shape index (κ2) is 7.17. The maximum Gasteiger partial charge on any atom is 0.312 e. The van der Waals surface area contributed by atoms with Crippen molar-refractivity contribution in [1.29, 1.82) is 0 Å². The fourth-order valence-corrected chi connectivity index (χ4v) is 1.69. The van der Waals surface area contributed by atoms with Gasteiger partial charge in [-0.05, 0) is 30.4 Å². The predicted molar refractivity (Wildman–Crippen MR) is 71.4 cm³/mol. The van der Waals surface area contributed by atoms with Gasteiger partial charge >= 0.3 is 5.97 Å². The van der Waals surface area contributed by atoms with E-state index < -0.39 is 6.29 Å². The number of esters is 1. The van der Waals surface area contributed by atoms with Crippen molar-refractivity contribution in [2.75, 3.05) is 7.11 Å². The quantitative estimate of drug-likeness (QED) is 0.574. The van der Waals surface area contributed by atoms with Gasteiger partial charge in [0.25, 0.3) is 0 Å². The molecule has 3 nitrogen and oxygen atoms in total. The van der Waals surface area contributed by atoms with Crippen LogP contribution in [0.2, 0.25) is 0 Å². The molecule has 0 fully saturated rings. The molecule has 0 N–H and O–H groups in total. The zero-order chi connectivity index (χ0) is 13.5. The summed E-state index contributed by atoms with van der Waals surface area (Å²) < 4.78 is 9.96. The van der Waals surface area contributed by atoms with E-state index in [2.05, 4.69) is 26.0 Å². The van der Waals surface area contributed by atoms with Gasteiger partial charge < -0.3 is 9.47 Å². The fourth-order valence-electron chi connectivity index (χ4n) is 1.69. The first kappa shape index (κ1) is 14.7. The van der Waals surface area contributed by atoms with Gasteiger partial charge in [-0.15, -0.1) is 0 Å². The zero-order valence-electron chi connectivity index (χ0n) is 11.6. The molecule has 1 rings (SSSR count). The summed E-state index contributed by atoms with van der Waals surface area (Å²) in [4.78, 5) is 11.6. The van der Waals surface area contributed by atoms with E-state index in [1.807, 2.05) is 12.1 Å². The summed E-state index contributed by atoms with van der Waals surface area (Å²) in [5.41, 5.74) is 2.25. The highest BCUT2D eigenvalue weighted by atomic mass is 16.7. The number of ether oxygens (including phenoxy) is 2. The summed E-state index contributed by atoms with van der Waals surface area (Å²) in [6, 6.07) is 8.11. The van der Waals surface area contributed by atoms with Crippen LogP contribution < -0.4 is 0 Å². The van der Waals surface area contributed by atoms with Crippen LogP contribution in [0, 0.1) is 0 Å². The summed E-state index contributed by atoms with van der Waals surface area (Å²) in [6.45, 7) is 6.05. The molecule has 1 aromatic carbocycles. The number of hydrogen-bond donors (Lipinski definition) is 0. The lowest BCUT2D eigenvalue weighted by atomic mass is 9.96. The standard InChI is InChI=1S/C15H22O3/c1-5-11(2)14-8-6-7-13(9-14)10-15(16)18-12(3)17-4/h6-9,11-12H,5,10H2,1-4H3. The van der Waals surface area contributed by atoms with Gasteiger partial charge in [0.15, 0.2) is 6.29 Å². The Labute approximate surface area is 109 Å². The maximum atomic E-state index is 11.6. The van der Waals surface area contributed by atoms with Crippen LogP contribution in [0.3, 0.4) is 0 Å². The maximum absolute atomic E-state index is 11.6. The average Bonchev–Trinajstić information content (AvgIpc) is 2.37. The summed E-state index contributed by atoms with van der Waals surface area (Å²) >= 11 is 0. The number of carbonyl (C=O) groups excluding carboxylic acids is 1. The van der Waals surface area contributed by atoms with Crippen molar-refractivity contribution in [1.82, 2.24) is 0 Å². The van der Waals surface area contributed by atoms with Crippen molar-refractivity contribution in [3.63, 3.8) is 0 Å². The minimum atomic E-state index is -0.491. The SMILES string of the molecule is CCC(C)c1cccc(CC(=O)OC(C)OC)c1. The molecule has 18 heavy (non-hydrogen) atoms. The molecule has 0 aliphatic carbocycles. The number of hydrogen-bond acceptors (Lipinski definition) is 3. The van der Waals surface area contributed by atoms with E-state index in [-0.39, 0.29) is 12.4 Å². The van der Waals surface area contributed by atoms with Gasteiger partial charge in [0.2, 0.25) is 0 Å². The molecule has 0 heterocycles. The van der Waals surface area contributed by atoms with Gasteiger partial charge in [0.05, 0.1) is 6.42 Å². The van der Waals surface area contributed by atoms with Crippen LogP contribution >= 0.6 is 0 Å². The minimum Gasteiger partial charge on any atom is -0.436 e. The third kappa shape index (κ3) is 4.49. The Bertz CT molecular complexity index is 387. The van der Waals surface area contributed by atoms with E-state index in [1.54, 1.807) is 6.92 Å². The van der Waals surface area contributed by atoms with Crippen molar-refractivity contribution in [3.05, 3.63) is 35.4 Å². The second-order valence-electron chi connectivity index (χ2n) is 4.52. The molecule has 0 aliphatic heterocycles. The third-order valence-corrected chi connectivity index (χ3v) is 3.11. The lowest BCUT2D eigenvalue weighted by molar-refractivity contribution is -0.168. The number of benzene rings is 1. The van der Waals surface area contributed by atoms with E-state index in [0.717, 1.165) is 12.0 Å². The van der Waals surface area contributed by atoms with E-state index in [1.165, 1.54) is 12.7 Å². The molecule has 0 bridgehead atoms. The average molecular weight is 250 g/mol. The predicted octanol–water partition coefficient (Wildman–Crippen LogP) is 3.28. The van der Waals surface area contributed by atoms with Crippen molar-refractivity contribution in [2.45, 2.75) is 45.8 Å². The zero-order valence-corrected chi connectivity index (χ0v) is 11.6.